The largest absolute Gasteiger partial charge is 0.493 e. The number of ether oxygens (including phenoxy) is 3. The molecule has 7 nitrogen and oxygen atoms in total. The zero-order valence-corrected chi connectivity index (χ0v) is 17.8. The number of morpholine rings is 1. The van der Waals surface area contributed by atoms with Crippen LogP contribution in [-0.2, 0) is 17.8 Å². The van der Waals surface area contributed by atoms with Crippen LogP contribution in [0.2, 0.25) is 5.02 Å². The zero-order chi connectivity index (χ0) is 21.1. The maximum Gasteiger partial charge on any atom is 0.261 e. The van der Waals surface area contributed by atoms with E-state index in [1.165, 1.54) is 0 Å². The highest BCUT2D eigenvalue weighted by atomic mass is 35.5. The molecule has 3 aromatic rings. The van der Waals surface area contributed by atoms with Crippen molar-refractivity contribution in [3.63, 3.8) is 0 Å². The molecule has 1 aliphatic rings. The number of halogens is 1. The van der Waals surface area contributed by atoms with Gasteiger partial charge in [0.25, 0.3) is 5.56 Å². The number of methoxy groups -OCH3 is 2. The van der Waals surface area contributed by atoms with Crippen LogP contribution in [0.1, 0.15) is 11.4 Å². The van der Waals surface area contributed by atoms with Crippen molar-refractivity contribution in [2.45, 2.75) is 13.1 Å². The van der Waals surface area contributed by atoms with Crippen molar-refractivity contribution < 1.29 is 14.2 Å². The molecule has 4 rings (SSSR count). The van der Waals surface area contributed by atoms with Gasteiger partial charge >= 0.3 is 0 Å². The summed E-state index contributed by atoms with van der Waals surface area (Å²) in [5.74, 6) is 1.74. The minimum Gasteiger partial charge on any atom is -0.493 e. The maximum atomic E-state index is 13.5. The first kappa shape index (κ1) is 20.7. The summed E-state index contributed by atoms with van der Waals surface area (Å²) in [6.07, 6.45) is 0. The van der Waals surface area contributed by atoms with E-state index in [0.717, 1.165) is 18.7 Å². The molecule has 0 radical (unpaired) electrons. The predicted molar refractivity (Wildman–Crippen MR) is 116 cm³/mol. The fourth-order valence-corrected chi connectivity index (χ4v) is 3.87. The minimum atomic E-state index is -0.121. The summed E-state index contributed by atoms with van der Waals surface area (Å²) in [7, 11) is 3.12. The van der Waals surface area contributed by atoms with E-state index in [2.05, 4.69) is 4.90 Å². The Kier molecular flexibility index (Phi) is 6.22. The highest BCUT2D eigenvalue weighted by Crippen LogP contribution is 2.30. The van der Waals surface area contributed by atoms with Crippen LogP contribution >= 0.6 is 11.6 Å². The van der Waals surface area contributed by atoms with E-state index < -0.39 is 0 Å². The van der Waals surface area contributed by atoms with Gasteiger partial charge in [-0.3, -0.25) is 14.3 Å². The molecule has 1 aromatic heterocycles. The molecule has 0 amide bonds. The van der Waals surface area contributed by atoms with Crippen LogP contribution in [0.5, 0.6) is 11.5 Å². The molecule has 2 aromatic carbocycles. The van der Waals surface area contributed by atoms with E-state index in [9.17, 15) is 4.79 Å². The third-order valence-electron chi connectivity index (χ3n) is 5.24. The summed E-state index contributed by atoms with van der Waals surface area (Å²) >= 11 is 6.16. The van der Waals surface area contributed by atoms with Gasteiger partial charge in [-0.1, -0.05) is 23.7 Å². The number of aromatic nitrogens is 2. The lowest BCUT2D eigenvalue weighted by atomic mass is 10.2. The standard InChI is InChI=1S/C22H24ClN3O4/c1-28-19-11-17-18(12-20(19)29-2)24-21(14-25-6-8-30-9-7-25)26(22(17)27)13-15-4-3-5-16(23)10-15/h3-5,10-12H,6-9,13-14H2,1-2H3. The van der Waals surface area contributed by atoms with E-state index in [-0.39, 0.29) is 5.56 Å². The molecular formula is C22H24ClN3O4. The first-order valence-corrected chi connectivity index (χ1v) is 10.2. The summed E-state index contributed by atoms with van der Waals surface area (Å²) in [5.41, 5.74) is 1.40. The Morgan fingerprint density at radius 2 is 1.80 bits per heavy atom. The van der Waals surface area contributed by atoms with Gasteiger partial charge in [0.1, 0.15) is 5.82 Å². The van der Waals surface area contributed by atoms with Gasteiger partial charge in [-0.2, -0.15) is 0 Å². The van der Waals surface area contributed by atoms with Crippen LogP contribution in [0.25, 0.3) is 10.9 Å². The summed E-state index contributed by atoms with van der Waals surface area (Å²) in [6.45, 7) is 3.90. The summed E-state index contributed by atoms with van der Waals surface area (Å²) in [5, 5.41) is 1.12. The van der Waals surface area contributed by atoms with Crippen LogP contribution in [0.4, 0.5) is 0 Å². The Balaban J connectivity index is 1.84. The third kappa shape index (κ3) is 4.28. The van der Waals surface area contributed by atoms with Gasteiger partial charge in [0.15, 0.2) is 11.5 Å². The third-order valence-corrected chi connectivity index (χ3v) is 5.47. The molecule has 0 saturated carbocycles. The SMILES string of the molecule is COc1cc2nc(CN3CCOCC3)n(Cc3cccc(Cl)c3)c(=O)c2cc1OC. The second kappa shape index (κ2) is 9.04. The number of hydrogen-bond donors (Lipinski definition) is 0. The van der Waals surface area contributed by atoms with Crippen LogP contribution in [0, 0.1) is 0 Å². The summed E-state index contributed by atoms with van der Waals surface area (Å²) in [6, 6.07) is 11.0. The molecule has 8 heteroatoms. The molecule has 1 saturated heterocycles. The van der Waals surface area contributed by atoms with Crippen molar-refractivity contribution in [2.24, 2.45) is 0 Å². The van der Waals surface area contributed by atoms with Crippen LogP contribution in [-0.4, -0.2) is 55.0 Å². The van der Waals surface area contributed by atoms with Crippen molar-refractivity contribution in [3.05, 3.63) is 63.2 Å². The first-order chi connectivity index (χ1) is 14.6. The fourth-order valence-electron chi connectivity index (χ4n) is 3.66. The number of rotatable bonds is 6. The van der Waals surface area contributed by atoms with Gasteiger partial charge < -0.3 is 14.2 Å². The molecule has 0 N–H and O–H groups in total. The van der Waals surface area contributed by atoms with Gasteiger partial charge in [0.05, 0.1) is 51.4 Å². The van der Waals surface area contributed by atoms with E-state index in [1.807, 2.05) is 24.3 Å². The van der Waals surface area contributed by atoms with Crippen molar-refractivity contribution in [1.29, 1.82) is 0 Å². The highest BCUT2D eigenvalue weighted by Gasteiger charge is 2.19. The van der Waals surface area contributed by atoms with Crippen molar-refractivity contribution in [3.8, 4) is 11.5 Å². The Morgan fingerprint density at radius 3 is 2.50 bits per heavy atom. The lowest BCUT2D eigenvalue weighted by Gasteiger charge is -2.27. The van der Waals surface area contributed by atoms with Gasteiger partial charge in [0.2, 0.25) is 0 Å². The molecule has 0 atom stereocenters. The minimum absolute atomic E-state index is 0.121. The molecule has 0 unspecified atom stereocenters. The lowest BCUT2D eigenvalue weighted by Crippen LogP contribution is -2.38. The number of hydrogen-bond acceptors (Lipinski definition) is 6. The molecule has 158 valence electrons. The molecule has 0 spiro atoms. The highest BCUT2D eigenvalue weighted by molar-refractivity contribution is 6.30. The van der Waals surface area contributed by atoms with Crippen molar-refractivity contribution >= 4 is 22.5 Å². The van der Waals surface area contributed by atoms with Crippen LogP contribution in [0.3, 0.4) is 0 Å². The van der Waals surface area contributed by atoms with E-state index in [1.54, 1.807) is 30.9 Å². The quantitative estimate of drug-likeness (QED) is 0.600. The van der Waals surface area contributed by atoms with E-state index >= 15 is 0 Å². The summed E-state index contributed by atoms with van der Waals surface area (Å²) in [4.78, 5) is 20.6. The van der Waals surface area contributed by atoms with Crippen LogP contribution < -0.4 is 15.0 Å². The number of benzene rings is 2. The Bertz CT molecular complexity index is 1110. The topological polar surface area (TPSA) is 65.8 Å². The van der Waals surface area contributed by atoms with Gasteiger partial charge in [-0.15, -0.1) is 0 Å². The molecule has 30 heavy (non-hydrogen) atoms. The van der Waals surface area contributed by atoms with Crippen LogP contribution in [0.15, 0.2) is 41.2 Å². The Hall–Kier alpha value is -2.61. The van der Waals surface area contributed by atoms with Crippen molar-refractivity contribution in [1.82, 2.24) is 14.5 Å². The summed E-state index contributed by atoms with van der Waals surface area (Å²) < 4.78 is 18.0. The van der Waals surface area contributed by atoms with Gasteiger partial charge in [-0.05, 0) is 23.8 Å². The zero-order valence-electron chi connectivity index (χ0n) is 17.1. The number of fused-ring (bicyclic) bond motifs is 1. The normalized spacial score (nSPS) is 14.8. The monoisotopic (exact) mass is 429 g/mol. The average molecular weight is 430 g/mol. The predicted octanol–water partition coefficient (Wildman–Crippen LogP) is 2.95. The average Bonchev–Trinajstić information content (AvgIpc) is 2.76. The van der Waals surface area contributed by atoms with Gasteiger partial charge in [-0.25, -0.2) is 4.98 Å². The molecule has 0 bridgehead atoms. The second-order valence-electron chi connectivity index (χ2n) is 7.16. The maximum absolute atomic E-state index is 13.5. The first-order valence-electron chi connectivity index (χ1n) is 9.79. The molecule has 2 heterocycles. The smallest absolute Gasteiger partial charge is 0.261 e. The van der Waals surface area contributed by atoms with E-state index in [0.29, 0.717) is 59.6 Å². The molecule has 1 fully saturated rings. The van der Waals surface area contributed by atoms with Crippen molar-refractivity contribution in [2.75, 3.05) is 40.5 Å². The Labute approximate surface area is 179 Å². The second-order valence-corrected chi connectivity index (χ2v) is 7.60. The number of nitrogens with zero attached hydrogens (tertiary/aromatic N) is 3. The lowest BCUT2D eigenvalue weighted by molar-refractivity contribution is 0.0325. The van der Waals surface area contributed by atoms with Gasteiger partial charge in [0, 0.05) is 24.2 Å². The van der Waals surface area contributed by atoms with E-state index in [4.69, 9.17) is 30.8 Å². The fraction of sp³-hybridized carbons (Fsp3) is 0.364. The molecule has 0 aliphatic carbocycles. The Morgan fingerprint density at radius 1 is 1.07 bits per heavy atom. The molecule has 1 aliphatic heterocycles. The molecular weight excluding hydrogens is 406 g/mol.